The Kier molecular flexibility index (Phi) is 5.80. The van der Waals surface area contributed by atoms with E-state index in [1.807, 2.05) is 19.1 Å². The molecule has 1 aromatic carbocycles. The van der Waals surface area contributed by atoms with E-state index in [1.165, 1.54) is 11.1 Å². The molecule has 1 aliphatic carbocycles. The molecule has 3 rings (SSSR count). The zero-order valence-corrected chi connectivity index (χ0v) is 15.3. The van der Waals surface area contributed by atoms with Gasteiger partial charge in [-0.05, 0) is 24.5 Å². The van der Waals surface area contributed by atoms with Crippen LogP contribution in [0.4, 0.5) is 13.2 Å². The van der Waals surface area contributed by atoms with Gasteiger partial charge < -0.3 is 10.6 Å². The summed E-state index contributed by atoms with van der Waals surface area (Å²) in [5.41, 5.74) is 1.92. The topological polar surface area (TPSA) is 49.3 Å². The molecule has 1 unspecified atom stereocenters. The summed E-state index contributed by atoms with van der Waals surface area (Å²) in [6.45, 7) is 3.88. The van der Waals surface area contributed by atoms with E-state index in [-0.39, 0.29) is 0 Å². The van der Waals surface area contributed by atoms with E-state index in [2.05, 4.69) is 32.7 Å². The zero-order valence-electron chi connectivity index (χ0n) is 14.4. The van der Waals surface area contributed by atoms with Gasteiger partial charge in [-0.1, -0.05) is 24.3 Å². The lowest BCUT2D eigenvalue weighted by molar-refractivity contribution is -0.140. The summed E-state index contributed by atoms with van der Waals surface area (Å²) >= 11 is 1.03. The highest BCUT2D eigenvalue weighted by molar-refractivity contribution is 7.09. The first-order valence-corrected chi connectivity index (χ1v) is 9.47. The number of aliphatic imine (C=N–C) groups is 1. The molecule has 8 heteroatoms. The minimum atomic E-state index is -4.38. The van der Waals surface area contributed by atoms with Crippen LogP contribution in [-0.2, 0) is 19.0 Å². The van der Waals surface area contributed by atoms with Crippen molar-refractivity contribution in [3.8, 4) is 0 Å². The van der Waals surface area contributed by atoms with E-state index in [4.69, 9.17) is 0 Å². The molecule has 1 heterocycles. The molecular weight excluding hydrogens is 361 g/mol. The van der Waals surface area contributed by atoms with Crippen molar-refractivity contribution in [2.75, 3.05) is 19.6 Å². The number of hydrogen-bond acceptors (Lipinski definition) is 3. The molecule has 0 amide bonds. The molecular formula is C18H21F3N4S. The normalized spacial score (nSPS) is 16.8. The molecule has 0 bridgehead atoms. The Bertz CT molecular complexity index is 770. The summed E-state index contributed by atoms with van der Waals surface area (Å²) in [6.07, 6.45) is -2.91. The Labute approximate surface area is 154 Å². The lowest BCUT2D eigenvalue weighted by Crippen LogP contribution is -2.39. The Morgan fingerprint density at radius 2 is 2.12 bits per heavy atom. The maximum Gasteiger partial charge on any atom is 0.434 e. The van der Waals surface area contributed by atoms with Crippen molar-refractivity contribution in [3.63, 3.8) is 0 Å². The van der Waals surface area contributed by atoms with Crippen molar-refractivity contribution in [3.05, 3.63) is 51.5 Å². The third kappa shape index (κ3) is 4.55. The van der Waals surface area contributed by atoms with E-state index >= 15 is 0 Å². The van der Waals surface area contributed by atoms with Crippen LogP contribution in [0.25, 0.3) is 0 Å². The summed E-state index contributed by atoms with van der Waals surface area (Å²) in [4.78, 5) is 8.25. The first-order valence-electron chi connectivity index (χ1n) is 8.59. The predicted molar refractivity (Wildman–Crippen MR) is 97.7 cm³/mol. The van der Waals surface area contributed by atoms with Gasteiger partial charge in [-0.25, -0.2) is 4.98 Å². The van der Waals surface area contributed by atoms with Crippen LogP contribution in [0.1, 0.15) is 34.7 Å². The van der Waals surface area contributed by atoms with Crippen LogP contribution in [0, 0.1) is 0 Å². The number of alkyl halides is 3. The molecule has 0 spiro atoms. The molecule has 2 N–H and O–H groups in total. The number of halogens is 3. The lowest BCUT2D eigenvalue weighted by Gasteiger charge is -2.28. The first-order chi connectivity index (χ1) is 12.5. The minimum Gasteiger partial charge on any atom is -0.357 e. The summed E-state index contributed by atoms with van der Waals surface area (Å²) < 4.78 is 37.7. The van der Waals surface area contributed by atoms with Gasteiger partial charge in [0, 0.05) is 37.4 Å². The number of aromatic nitrogens is 1. The van der Waals surface area contributed by atoms with Gasteiger partial charge in [0.2, 0.25) is 0 Å². The summed E-state index contributed by atoms with van der Waals surface area (Å²) in [7, 11) is 0. The number of thiazole rings is 1. The SMILES string of the molecule is CCNC(=NCC1Cc2ccccc21)NCCc1nc(C(F)(F)F)cs1. The average molecular weight is 382 g/mol. The van der Waals surface area contributed by atoms with Crippen LogP contribution in [0.3, 0.4) is 0 Å². The highest BCUT2D eigenvalue weighted by atomic mass is 32.1. The molecule has 2 aromatic rings. The number of rotatable bonds is 6. The fourth-order valence-electron chi connectivity index (χ4n) is 2.91. The number of nitrogens with one attached hydrogen (secondary N) is 2. The summed E-state index contributed by atoms with van der Waals surface area (Å²) in [5.74, 6) is 1.12. The summed E-state index contributed by atoms with van der Waals surface area (Å²) in [6, 6.07) is 8.37. The molecule has 0 radical (unpaired) electrons. The number of fused-ring (bicyclic) bond motifs is 1. The second-order valence-corrected chi connectivity index (χ2v) is 7.06. The molecule has 0 saturated carbocycles. The monoisotopic (exact) mass is 382 g/mol. The second-order valence-electron chi connectivity index (χ2n) is 6.12. The van der Waals surface area contributed by atoms with Crippen molar-refractivity contribution in [1.29, 1.82) is 0 Å². The fraction of sp³-hybridized carbons (Fsp3) is 0.444. The van der Waals surface area contributed by atoms with E-state index in [1.54, 1.807) is 0 Å². The van der Waals surface area contributed by atoms with Crippen LogP contribution < -0.4 is 10.6 Å². The molecule has 0 fully saturated rings. The van der Waals surface area contributed by atoms with Gasteiger partial charge in [0.25, 0.3) is 0 Å². The van der Waals surface area contributed by atoms with Gasteiger partial charge in [-0.2, -0.15) is 13.2 Å². The van der Waals surface area contributed by atoms with Crippen LogP contribution in [0.2, 0.25) is 0 Å². The summed E-state index contributed by atoms with van der Waals surface area (Å²) in [5, 5.41) is 7.86. The maximum atomic E-state index is 12.6. The Morgan fingerprint density at radius 3 is 2.81 bits per heavy atom. The van der Waals surface area contributed by atoms with Crippen molar-refractivity contribution in [2.24, 2.45) is 4.99 Å². The van der Waals surface area contributed by atoms with Crippen LogP contribution in [0.15, 0.2) is 34.6 Å². The molecule has 0 aliphatic heterocycles. The minimum absolute atomic E-state index is 0.428. The average Bonchev–Trinajstić information content (AvgIpc) is 3.05. The second kappa shape index (κ2) is 8.07. The van der Waals surface area contributed by atoms with E-state index in [0.29, 0.717) is 36.4 Å². The van der Waals surface area contributed by atoms with Crippen molar-refractivity contribution >= 4 is 17.3 Å². The number of nitrogens with zero attached hydrogens (tertiary/aromatic N) is 2. The van der Waals surface area contributed by atoms with E-state index in [9.17, 15) is 13.2 Å². The molecule has 0 saturated heterocycles. The maximum absolute atomic E-state index is 12.6. The highest BCUT2D eigenvalue weighted by Gasteiger charge is 2.33. The number of guanidine groups is 1. The number of benzene rings is 1. The molecule has 4 nitrogen and oxygen atoms in total. The van der Waals surface area contributed by atoms with Gasteiger partial charge in [0.1, 0.15) is 0 Å². The standard InChI is InChI=1S/C18H21F3N4S/c1-2-22-17(24-10-13-9-12-5-3-4-6-14(12)13)23-8-7-16-25-15(11-26-16)18(19,20)21/h3-6,11,13H,2,7-10H2,1H3,(H2,22,23,24). The van der Waals surface area contributed by atoms with Gasteiger partial charge >= 0.3 is 6.18 Å². The Balaban J connectivity index is 1.50. The quantitative estimate of drug-likeness (QED) is 0.593. The number of hydrogen-bond donors (Lipinski definition) is 2. The van der Waals surface area contributed by atoms with Crippen molar-refractivity contribution in [2.45, 2.75) is 31.9 Å². The molecule has 140 valence electrons. The van der Waals surface area contributed by atoms with E-state index in [0.717, 1.165) is 29.7 Å². The van der Waals surface area contributed by atoms with Crippen LogP contribution in [0.5, 0.6) is 0 Å². The van der Waals surface area contributed by atoms with Crippen molar-refractivity contribution < 1.29 is 13.2 Å². The van der Waals surface area contributed by atoms with E-state index < -0.39 is 11.9 Å². The smallest absolute Gasteiger partial charge is 0.357 e. The van der Waals surface area contributed by atoms with Crippen LogP contribution >= 0.6 is 11.3 Å². The fourth-order valence-corrected chi connectivity index (χ4v) is 3.72. The molecule has 26 heavy (non-hydrogen) atoms. The van der Waals surface area contributed by atoms with Crippen LogP contribution in [-0.4, -0.2) is 30.6 Å². The third-order valence-corrected chi connectivity index (χ3v) is 5.16. The van der Waals surface area contributed by atoms with Gasteiger partial charge in [-0.3, -0.25) is 4.99 Å². The molecule has 1 aliphatic rings. The molecule has 1 atom stereocenters. The lowest BCUT2D eigenvalue weighted by atomic mass is 9.78. The van der Waals surface area contributed by atoms with Gasteiger partial charge in [0.05, 0.1) is 5.01 Å². The Morgan fingerprint density at radius 1 is 1.31 bits per heavy atom. The predicted octanol–water partition coefficient (Wildman–Crippen LogP) is 3.60. The van der Waals surface area contributed by atoms with Gasteiger partial charge in [0.15, 0.2) is 11.7 Å². The first kappa shape index (κ1) is 18.7. The zero-order chi connectivity index (χ0) is 18.6. The molecule has 1 aromatic heterocycles. The largest absolute Gasteiger partial charge is 0.434 e. The van der Waals surface area contributed by atoms with Crippen molar-refractivity contribution in [1.82, 2.24) is 15.6 Å². The third-order valence-electron chi connectivity index (χ3n) is 4.25. The van der Waals surface area contributed by atoms with Gasteiger partial charge in [-0.15, -0.1) is 11.3 Å². The Hall–Kier alpha value is -2.09. The highest BCUT2D eigenvalue weighted by Crippen LogP contribution is 2.34.